The standard InChI is InChI=1S/C36H34N4O6S3/c1-25-6-13-30(14-7-25)47-21-20-43-35(41)23-44-28-9-11-29(12-10-28)45-46-49-40-33-22-27(39-18-4-5-19-39)8-15-31(33)38-36(40)48-24-32-26(2)34(42-3)16-17-37-32/h4-19,22H,20-21,23-24H2,1-3H3. The minimum Gasteiger partial charge on any atom is -0.496 e. The van der Waals surface area contributed by atoms with Crippen molar-refractivity contribution in [2.75, 3.05) is 26.1 Å². The Morgan fingerprint density at radius 2 is 1.67 bits per heavy atom. The van der Waals surface area contributed by atoms with E-state index in [9.17, 15) is 4.79 Å². The van der Waals surface area contributed by atoms with Crippen LogP contribution in [0.5, 0.6) is 17.2 Å². The van der Waals surface area contributed by atoms with Gasteiger partial charge >= 0.3 is 5.97 Å². The number of thioether (sulfide) groups is 2. The molecule has 3 heterocycles. The smallest absolute Gasteiger partial charge is 0.344 e. The van der Waals surface area contributed by atoms with Gasteiger partial charge in [-0.05, 0) is 86.6 Å². The number of hydrogen-bond donors (Lipinski definition) is 0. The minimum absolute atomic E-state index is 0.189. The Morgan fingerprint density at radius 3 is 2.45 bits per heavy atom. The molecule has 252 valence electrons. The van der Waals surface area contributed by atoms with Crippen LogP contribution >= 0.6 is 35.8 Å². The van der Waals surface area contributed by atoms with Crippen LogP contribution in [-0.4, -0.2) is 50.6 Å². The van der Waals surface area contributed by atoms with Crippen LogP contribution in [0.4, 0.5) is 0 Å². The molecular weight excluding hydrogens is 681 g/mol. The van der Waals surface area contributed by atoms with E-state index in [4.69, 9.17) is 28.4 Å². The number of benzene rings is 3. The van der Waals surface area contributed by atoms with Crippen LogP contribution in [0.15, 0.2) is 114 Å². The topological polar surface area (TPSA) is 98.9 Å². The first-order valence-electron chi connectivity index (χ1n) is 15.3. The Labute approximate surface area is 297 Å². The van der Waals surface area contributed by atoms with E-state index >= 15 is 0 Å². The molecule has 10 nitrogen and oxygen atoms in total. The fourth-order valence-corrected chi connectivity index (χ4v) is 7.14. The Morgan fingerprint density at radius 1 is 0.898 bits per heavy atom. The van der Waals surface area contributed by atoms with E-state index in [-0.39, 0.29) is 6.61 Å². The highest BCUT2D eigenvalue weighted by atomic mass is 32.2. The zero-order valence-electron chi connectivity index (χ0n) is 27.1. The summed E-state index contributed by atoms with van der Waals surface area (Å²) in [7, 11) is 1.65. The molecule has 0 saturated carbocycles. The van der Waals surface area contributed by atoms with Gasteiger partial charge in [-0.1, -0.05) is 33.8 Å². The number of fused-ring (bicyclic) bond motifs is 1. The number of esters is 1. The van der Waals surface area contributed by atoms with Gasteiger partial charge in [-0.25, -0.2) is 13.8 Å². The lowest BCUT2D eigenvalue weighted by atomic mass is 10.2. The van der Waals surface area contributed by atoms with Crippen LogP contribution in [0.2, 0.25) is 0 Å². The van der Waals surface area contributed by atoms with Crippen LogP contribution < -0.4 is 14.4 Å². The van der Waals surface area contributed by atoms with Crippen molar-refractivity contribution in [3.05, 3.63) is 120 Å². The number of ether oxygens (including phenoxy) is 3. The van der Waals surface area contributed by atoms with E-state index in [1.807, 2.05) is 58.2 Å². The van der Waals surface area contributed by atoms with Gasteiger partial charge in [0.2, 0.25) is 0 Å². The zero-order valence-corrected chi connectivity index (χ0v) is 29.6. The van der Waals surface area contributed by atoms with Crippen molar-refractivity contribution < 1.29 is 28.2 Å². The molecular formula is C36H34N4O6S3. The maximum absolute atomic E-state index is 12.2. The van der Waals surface area contributed by atoms with Crippen molar-refractivity contribution in [1.29, 1.82) is 0 Å². The SMILES string of the molecule is COc1ccnc(CSc2nc3ccc(-n4cccc4)cc3n2SOOc2ccc(OCC(=O)OCCSc3ccc(C)cc3)cc2)c1C. The van der Waals surface area contributed by atoms with Crippen molar-refractivity contribution in [2.24, 2.45) is 0 Å². The second-order valence-electron chi connectivity index (χ2n) is 10.7. The highest BCUT2D eigenvalue weighted by Gasteiger charge is 2.17. The molecule has 0 spiro atoms. The second kappa shape index (κ2) is 16.7. The molecule has 0 fully saturated rings. The maximum atomic E-state index is 12.2. The summed E-state index contributed by atoms with van der Waals surface area (Å²) in [6.45, 7) is 4.16. The number of methoxy groups -OCH3 is 1. The number of aromatic nitrogens is 4. The van der Waals surface area contributed by atoms with Gasteiger partial charge in [-0.15, -0.1) is 11.8 Å². The van der Waals surface area contributed by atoms with Crippen molar-refractivity contribution in [3.8, 4) is 22.9 Å². The van der Waals surface area contributed by atoms with Crippen LogP contribution in [0.1, 0.15) is 16.8 Å². The number of pyridine rings is 1. The van der Waals surface area contributed by atoms with E-state index < -0.39 is 5.97 Å². The molecule has 0 atom stereocenters. The van der Waals surface area contributed by atoms with E-state index in [1.54, 1.807) is 49.3 Å². The maximum Gasteiger partial charge on any atom is 0.344 e. The number of carbonyl (C=O) groups excluding carboxylic acids is 1. The third kappa shape index (κ3) is 9.12. The lowest BCUT2D eigenvalue weighted by Crippen LogP contribution is -2.16. The van der Waals surface area contributed by atoms with E-state index in [0.717, 1.165) is 56.0 Å². The van der Waals surface area contributed by atoms with Crippen LogP contribution in [0.25, 0.3) is 16.7 Å². The van der Waals surface area contributed by atoms with Gasteiger partial charge in [0.15, 0.2) is 29.7 Å². The number of rotatable bonds is 16. The van der Waals surface area contributed by atoms with Crippen molar-refractivity contribution in [3.63, 3.8) is 0 Å². The number of hydrogen-bond acceptors (Lipinski definition) is 11. The number of nitrogens with zero attached hydrogens (tertiary/aromatic N) is 4. The number of imidazole rings is 1. The summed E-state index contributed by atoms with van der Waals surface area (Å²) in [5.41, 5.74) is 5.77. The number of carbonyl (C=O) groups is 1. The Kier molecular flexibility index (Phi) is 11.7. The third-order valence-corrected chi connectivity index (χ3v) is 10.0. The van der Waals surface area contributed by atoms with E-state index in [0.29, 0.717) is 29.6 Å². The molecule has 0 N–H and O–H groups in total. The Bertz CT molecular complexity index is 1980. The second-order valence-corrected chi connectivity index (χ2v) is 13.5. The Hall–Kier alpha value is -4.56. The average Bonchev–Trinajstić information content (AvgIpc) is 3.78. The first kappa shape index (κ1) is 34.3. The summed E-state index contributed by atoms with van der Waals surface area (Å²) >= 11 is 4.20. The third-order valence-electron chi connectivity index (χ3n) is 7.34. The molecule has 13 heteroatoms. The molecule has 0 saturated heterocycles. The van der Waals surface area contributed by atoms with Crippen molar-refractivity contribution >= 4 is 52.8 Å². The minimum atomic E-state index is -0.428. The van der Waals surface area contributed by atoms with Gasteiger partial charge in [0.05, 0.1) is 23.8 Å². The first-order valence-corrected chi connectivity index (χ1v) is 18.0. The molecule has 0 amide bonds. The molecule has 0 unspecified atom stereocenters. The van der Waals surface area contributed by atoms with Gasteiger partial charge in [0.1, 0.15) is 18.1 Å². The van der Waals surface area contributed by atoms with Gasteiger partial charge in [-0.3, -0.25) is 4.98 Å². The summed E-state index contributed by atoms with van der Waals surface area (Å²) in [6, 6.07) is 26.9. The molecule has 0 aliphatic rings. The van der Waals surface area contributed by atoms with Gasteiger partial charge in [0, 0.05) is 46.2 Å². The highest BCUT2D eigenvalue weighted by Crippen LogP contribution is 2.34. The molecule has 3 aromatic heterocycles. The first-order chi connectivity index (χ1) is 24.0. The molecule has 6 aromatic rings. The molecule has 6 rings (SSSR count). The molecule has 0 aliphatic heterocycles. The lowest BCUT2D eigenvalue weighted by molar-refractivity contribution is -0.145. The summed E-state index contributed by atoms with van der Waals surface area (Å²) < 4.78 is 25.9. The fraction of sp³-hybridized carbons (Fsp3) is 0.194. The quantitative estimate of drug-likeness (QED) is 0.0242. The number of aryl methyl sites for hydroxylation is 1. The van der Waals surface area contributed by atoms with Crippen molar-refractivity contribution in [2.45, 2.75) is 29.7 Å². The lowest BCUT2D eigenvalue weighted by Gasteiger charge is -2.10. The largest absolute Gasteiger partial charge is 0.496 e. The van der Waals surface area contributed by atoms with Crippen LogP contribution in [0, 0.1) is 13.8 Å². The average molecular weight is 715 g/mol. The van der Waals surface area contributed by atoms with Crippen LogP contribution in [-0.2, 0) is 19.6 Å². The van der Waals surface area contributed by atoms with Gasteiger partial charge < -0.3 is 23.7 Å². The molecule has 49 heavy (non-hydrogen) atoms. The summed E-state index contributed by atoms with van der Waals surface area (Å²) in [5.74, 6) is 2.58. The highest BCUT2D eigenvalue weighted by molar-refractivity contribution is 7.99. The van der Waals surface area contributed by atoms with Crippen LogP contribution in [0.3, 0.4) is 0 Å². The normalized spacial score (nSPS) is 11.1. The predicted octanol–water partition coefficient (Wildman–Crippen LogP) is 8.28. The van der Waals surface area contributed by atoms with Crippen molar-refractivity contribution in [1.82, 2.24) is 18.5 Å². The van der Waals surface area contributed by atoms with E-state index in [2.05, 4.69) is 42.2 Å². The van der Waals surface area contributed by atoms with Gasteiger partial charge in [-0.2, -0.15) is 0 Å². The molecule has 0 bridgehead atoms. The summed E-state index contributed by atoms with van der Waals surface area (Å²) in [6.07, 6.45) is 5.73. The molecule has 3 aromatic carbocycles. The zero-order chi connectivity index (χ0) is 34.0. The fourth-order valence-electron chi connectivity index (χ4n) is 4.72. The summed E-state index contributed by atoms with van der Waals surface area (Å²) in [4.78, 5) is 28.3. The molecule has 0 aliphatic carbocycles. The summed E-state index contributed by atoms with van der Waals surface area (Å²) in [5, 5.41) is 0.724. The monoisotopic (exact) mass is 714 g/mol. The van der Waals surface area contributed by atoms with E-state index in [1.165, 1.54) is 17.3 Å². The van der Waals surface area contributed by atoms with Gasteiger partial charge in [0.25, 0.3) is 0 Å². The molecule has 0 radical (unpaired) electrons. The predicted molar refractivity (Wildman–Crippen MR) is 194 cm³/mol. The Balaban J connectivity index is 1.04.